The van der Waals surface area contributed by atoms with Gasteiger partial charge in [-0.25, -0.2) is 0 Å². The Morgan fingerprint density at radius 3 is 2.16 bits per heavy atom. The van der Waals surface area contributed by atoms with Crippen LogP contribution in [-0.2, 0) is 8.85 Å². The summed E-state index contributed by atoms with van der Waals surface area (Å²) >= 11 is 0. The molecule has 0 aliphatic carbocycles. The molecule has 0 amide bonds. The quantitative estimate of drug-likeness (QED) is 0.440. The molecule has 0 saturated carbocycles. The van der Waals surface area contributed by atoms with Crippen molar-refractivity contribution >= 4 is 14.3 Å². The molecule has 0 aliphatic heterocycles. The molecular formula is C15H33NO2Si. The zero-order valence-electron chi connectivity index (χ0n) is 14.0. The second-order valence-electron chi connectivity index (χ2n) is 5.91. The summed E-state index contributed by atoms with van der Waals surface area (Å²) in [5, 5.41) is 0. The molecule has 114 valence electrons. The number of rotatable bonds is 10. The monoisotopic (exact) mass is 287 g/mol. The lowest BCUT2D eigenvalue weighted by molar-refractivity contribution is 0.231. The molecule has 0 aromatic rings. The summed E-state index contributed by atoms with van der Waals surface area (Å²) in [7, 11) is 1.55. The molecule has 0 fully saturated rings. The minimum Gasteiger partial charge on any atom is -0.398 e. The molecular weight excluding hydrogens is 254 g/mol. The van der Waals surface area contributed by atoms with E-state index in [9.17, 15) is 0 Å². The van der Waals surface area contributed by atoms with Crippen LogP contribution in [0.15, 0.2) is 4.99 Å². The summed E-state index contributed by atoms with van der Waals surface area (Å²) in [4.78, 5) is 4.70. The van der Waals surface area contributed by atoms with Crippen molar-refractivity contribution in [2.75, 3.05) is 20.8 Å². The van der Waals surface area contributed by atoms with Gasteiger partial charge in [0, 0.05) is 32.0 Å². The maximum Gasteiger partial charge on any atom is 0.337 e. The van der Waals surface area contributed by atoms with Crippen molar-refractivity contribution in [3.63, 3.8) is 0 Å². The van der Waals surface area contributed by atoms with Gasteiger partial charge in [0.15, 0.2) is 0 Å². The van der Waals surface area contributed by atoms with E-state index >= 15 is 0 Å². The molecule has 0 aliphatic rings. The van der Waals surface area contributed by atoms with Gasteiger partial charge in [-0.2, -0.15) is 0 Å². The van der Waals surface area contributed by atoms with Crippen molar-refractivity contribution in [1.29, 1.82) is 0 Å². The highest BCUT2D eigenvalue weighted by molar-refractivity contribution is 6.67. The van der Waals surface area contributed by atoms with Gasteiger partial charge < -0.3 is 8.85 Å². The summed E-state index contributed by atoms with van der Waals surface area (Å²) in [5.41, 5.74) is 1.80. The van der Waals surface area contributed by atoms with E-state index in [-0.39, 0.29) is 0 Å². The van der Waals surface area contributed by atoms with Crippen molar-refractivity contribution in [2.24, 2.45) is 10.9 Å². The highest BCUT2D eigenvalue weighted by atomic mass is 28.4. The Balaban J connectivity index is 4.44. The molecule has 0 bridgehead atoms. The van der Waals surface area contributed by atoms with Crippen molar-refractivity contribution < 1.29 is 8.85 Å². The Kier molecular flexibility index (Phi) is 9.57. The molecule has 3 nitrogen and oxygen atoms in total. The SMILES string of the molecule is CCCC(CCN=C(C)CC(C)C)[Si](C)(OC)OC. The molecule has 4 heteroatoms. The van der Waals surface area contributed by atoms with Crippen LogP contribution in [0.1, 0.15) is 53.4 Å². The Morgan fingerprint density at radius 1 is 1.16 bits per heavy atom. The summed E-state index contributed by atoms with van der Waals surface area (Å²) in [5.74, 6) is 0.688. The topological polar surface area (TPSA) is 30.8 Å². The van der Waals surface area contributed by atoms with Gasteiger partial charge >= 0.3 is 8.56 Å². The summed E-state index contributed by atoms with van der Waals surface area (Å²) in [6, 6.07) is 0. The molecule has 1 unspecified atom stereocenters. The first kappa shape index (κ1) is 18.8. The molecule has 0 heterocycles. The standard InChI is InChI=1S/C15H33NO2Si/c1-8-9-15(19(7,17-5)18-6)10-11-16-14(4)12-13(2)3/h13,15H,8-12H2,1-7H3. The first-order valence-electron chi connectivity index (χ1n) is 7.49. The minimum atomic E-state index is -2.02. The third-order valence-corrected chi connectivity index (χ3v) is 7.43. The maximum absolute atomic E-state index is 5.69. The Labute approximate surface area is 121 Å². The van der Waals surface area contributed by atoms with Gasteiger partial charge in [0.25, 0.3) is 0 Å². The lowest BCUT2D eigenvalue weighted by Gasteiger charge is -2.31. The Morgan fingerprint density at radius 2 is 1.74 bits per heavy atom. The maximum atomic E-state index is 5.69. The molecule has 0 N–H and O–H groups in total. The second kappa shape index (κ2) is 9.67. The molecule has 0 radical (unpaired) electrons. The van der Waals surface area contributed by atoms with E-state index in [2.05, 4.69) is 34.2 Å². The van der Waals surface area contributed by atoms with Gasteiger partial charge in [0.05, 0.1) is 0 Å². The van der Waals surface area contributed by atoms with E-state index in [4.69, 9.17) is 13.8 Å². The van der Waals surface area contributed by atoms with Crippen LogP contribution >= 0.6 is 0 Å². The number of hydrogen-bond donors (Lipinski definition) is 0. The summed E-state index contributed by atoms with van der Waals surface area (Å²) in [6.45, 7) is 11.9. The van der Waals surface area contributed by atoms with Crippen molar-refractivity contribution in [3.8, 4) is 0 Å². The molecule has 0 saturated heterocycles. The fourth-order valence-electron chi connectivity index (χ4n) is 2.50. The molecule has 0 rings (SSSR count). The Hall–Kier alpha value is -0.193. The lowest BCUT2D eigenvalue weighted by Crippen LogP contribution is -2.42. The molecule has 0 spiro atoms. The smallest absolute Gasteiger partial charge is 0.337 e. The zero-order chi connectivity index (χ0) is 14.9. The largest absolute Gasteiger partial charge is 0.398 e. The molecule has 19 heavy (non-hydrogen) atoms. The minimum absolute atomic E-state index is 0.531. The van der Waals surface area contributed by atoms with E-state index in [1.54, 1.807) is 14.2 Å². The highest BCUT2D eigenvalue weighted by Crippen LogP contribution is 2.31. The van der Waals surface area contributed by atoms with Crippen LogP contribution in [0.3, 0.4) is 0 Å². The van der Waals surface area contributed by atoms with Crippen LogP contribution in [-0.4, -0.2) is 35.0 Å². The predicted octanol–water partition coefficient (Wildman–Crippen LogP) is 4.42. The first-order chi connectivity index (χ1) is 8.89. The predicted molar refractivity (Wildman–Crippen MR) is 86.3 cm³/mol. The van der Waals surface area contributed by atoms with Crippen LogP contribution in [0.4, 0.5) is 0 Å². The fourth-order valence-corrected chi connectivity index (χ4v) is 4.80. The van der Waals surface area contributed by atoms with Crippen LogP contribution in [0.25, 0.3) is 0 Å². The zero-order valence-corrected chi connectivity index (χ0v) is 15.0. The average Bonchev–Trinajstić information content (AvgIpc) is 2.36. The van der Waals surface area contributed by atoms with Crippen molar-refractivity contribution in [2.45, 2.75) is 65.5 Å². The van der Waals surface area contributed by atoms with E-state index in [0.717, 1.165) is 19.4 Å². The van der Waals surface area contributed by atoms with Gasteiger partial charge in [-0.05, 0) is 38.7 Å². The molecule has 0 aromatic heterocycles. The molecule has 0 aromatic carbocycles. The molecule has 1 atom stereocenters. The van der Waals surface area contributed by atoms with Crippen LogP contribution in [0.5, 0.6) is 0 Å². The van der Waals surface area contributed by atoms with Gasteiger partial charge in [0.2, 0.25) is 0 Å². The van der Waals surface area contributed by atoms with E-state index < -0.39 is 8.56 Å². The number of hydrogen-bond acceptors (Lipinski definition) is 3. The van der Waals surface area contributed by atoms with E-state index in [1.165, 1.54) is 18.6 Å². The van der Waals surface area contributed by atoms with Gasteiger partial charge in [-0.3, -0.25) is 4.99 Å². The van der Waals surface area contributed by atoms with E-state index in [1.807, 2.05) is 0 Å². The van der Waals surface area contributed by atoms with Crippen molar-refractivity contribution in [3.05, 3.63) is 0 Å². The average molecular weight is 288 g/mol. The van der Waals surface area contributed by atoms with Gasteiger partial charge in [-0.15, -0.1) is 0 Å². The first-order valence-corrected chi connectivity index (χ1v) is 9.89. The Bertz CT molecular complexity index is 263. The fraction of sp³-hybridized carbons (Fsp3) is 0.933. The summed E-state index contributed by atoms with van der Waals surface area (Å²) in [6.07, 6.45) is 4.52. The lowest BCUT2D eigenvalue weighted by atomic mass is 10.1. The normalized spacial score (nSPS) is 15.1. The van der Waals surface area contributed by atoms with Crippen LogP contribution < -0.4 is 0 Å². The number of aliphatic imine (C=N–C) groups is 1. The number of nitrogens with zero attached hydrogens (tertiary/aromatic N) is 1. The van der Waals surface area contributed by atoms with Crippen LogP contribution in [0.2, 0.25) is 12.1 Å². The third kappa shape index (κ3) is 7.23. The van der Waals surface area contributed by atoms with Crippen molar-refractivity contribution in [1.82, 2.24) is 0 Å². The van der Waals surface area contributed by atoms with Gasteiger partial charge in [-0.1, -0.05) is 27.2 Å². The van der Waals surface area contributed by atoms with Gasteiger partial charge in [0.1, 0.15) is 0 Å². The summed E-state index contributed by atoms with van der Waals surface area (Å²) < 4.78 is 11.4. The van der Waals surface area contributed by atoms with Crippen LogP contribution in [0, 0.1) is 5.92 Å². The highest BCUT2D eigenvalue weighted by Gasteiger charge is 2.38. The second-order valence-corrected chi connectivity index (χ2v) is 9.58. The van der Waals surface area contributed by atoms with E-state index in [0.29, 0.717) is 11.5 Å². The third-order valence-electron chi connectivity index (χ3n) is 3.75.